The van der Waals surface area contributed by atoms with Gasteiger partial charge in [-0.15, -0.1) is 0 Å². The van der Waals surface area contributed by atoms with Gasteiger partial charge in [0.05, 0.1) is 0 Å². The van der Waals surface area contributed by atoms with Crippen LogP contribution in [0.25, 0.3) is 0 Å². The zero-order valence-electron chi connectivity index (χ0n) is 9.13. The third-order valence-corrected chi connectivity index (χ3v) is 3.63. The summed E-state index contributed by atoms with van der Waals surface area (Å²) >= 11 is 7.01. The first-order valence-corrected chi connectivity index (χ1v) is 6.80. The summed E-state index contributed by atoms with van der Waals surface area (Å²) < 4.78 is 2.18. The van der Waals surface area contributed by atoms with Crippen LogP contribution in [0, 0.1) is 5.92 Å². The minimum atomic E-state index is 0.124. The summed E-state index contributed by atoms with van der Waals surface area (Å²) in [5.74, 6) is 0.710. The van der Waals surface area contributed by atoms with Gasteiger partial charge in [-0.25, -0.2) is 0 Å². The second-order valence-corrected chi connectivity index (χ2v) is 6.01. The molecule has 0 saturated carbocycles. The predicted molar refractivity (Wildman–Crippen MR) is 72.8 cm³/mol. The van der Waals surface area contributed by atoms with E-state index in [1.54, 1.807) is 0 Å². The molecule has 0 aromatic heterocycles. The van der Waals surface area contributed by atoms with Gasteiger partial charge < -0.3 is 5.73 Å². The summed E-state index contributed by atoms with van der Waals surface area (Å²) in [6, 6.07) is 6.27. The molecule has 0 radical (unpaired) electrons. The Bertz CT molecular complexity index is 323. The number of hydrogen-bond donors (Lipinski definition) is 1. The van der Waals surface area contributed by atoms with Crippen molar-refractivity contribution >= 4 is 31.9 Å². The molecule has 1 aromatic rings. The fourth-order valence-corrected chi connectivity index (χ4v) is 2.39. The monoisotopic (exact) mass is 333 g/mol. The lowest BCUT2D eigenvalue weighted by atomic mass is 9.98. The number of benzene rings is 1. The number of halogens is 2. The molecule has 0 aliphatic carbocycles. The van der Waals surface area contributed by atoms with Gasteiger partial charge in [-0.3, -0.25) is 0 Å². The molecule has 0 saturated heterocycles. The Hall–Kier alpha value is 0.140. The lowest BCUT2D eigenvalue weighted by molar-refractivity contribution is 0.506. The minimum absolute atomic E-state index is 0.124. The molecule has 15 heavy (non-hydrogen) atoms. The average molecular weight is 335 g/mol. The van der Waals surface area contributed by atoms with Crippen molar-refractivity contribution in [3.05, 3.63) is 32.7 Å². The first-order valence-electron chi connectivity index (χ1n) is 5.21. The first kappa shape index (κ1) is 13.2. The Kier molecular flexibility index (Phi) is 5.30. The van der Waals surface area contributed by atoms with E-state index < -0.39 is 0 Å². The molecule has 0 unspecified atom stereocenters. The maximum absolute atomic E-state index is 6.16. The van der Waals surface area contributed by atoms with Gasteiger partial charge in [0.2, 0.25) is 0 Å². The molecule has 0 bridgehead atoms. The number of nitrogens with two attached hydrogens (primary N) is 1. The van der Waals surface area contributed by atoms with Gasteiger partial charge in [-0.1, -0.05) is 45.7 Å². The molecule has 0 aliphatic rings. The third kappa shape index (κ3) is 4.25. The predicted octanol–water partition coefficient (Wildman–Crippen LogP) is 4.65. The molecule has 0 heterocycles. The van der Waals surface area contributed by atoms with Crippen LogP contribution in [0.2, 0.25) is 0 Å². The van der Waals surface area contributed by atoms with E-state index in [0.717, 1.165) is 15.4 Å². The van der Waals surface area contributed by atoms with Gasteiger partial charge in [-0.2, -0.15) is 0 Å². The maximum Gasteiger partial charge on any atom is 0.0306 e. The van der Waals surface area contributed by atoms with E-state index in [1.807, 2.05) is 12.1 Å². The van der Waals surface area contributed by atoms with E-state index in [0.29, 0.717) is 5.92 Å². The smallest absolute Gasteiger partial charge is 0.0306 e. The molecule has 0 amide bonds. The van der Waals surface area contributed by atoms with Crippen molar-refractivity contribution in [2.75, 3.05) is 0 Å². The van der Waals surface area contributed by atoms with Crippen LogP contribution in [0.4, 0.5) is 0 Å². The quantitative estimate of drug-likeness (QED) is 0.852. The summed E-state index contributed by atoms with van der Waals surface area (Å²) in [4.78, 5) is 0. The van der Waals surface area contributed by atoms with Crippen LogP contribution < -0.4 is 5.73 Å². The summed E-state index contributed by atoms with van der Waals surface area (Å²) in [7, 11) is 0. The minimum Gasteiger partial charge on any atom is -0.324 e. The summed E-state index contributed by atoms with van der Waals surface area (Å²) in [5.41, 5.74) is 7.35. The molecule has 1 rings (SSSR count). The topological polar surface area (TPSA) is 26.0 Å². The molecule has 1 nitrogen and oxygen atoms in total. The van der Waals surface area contributed by atoms with Gasteiger partial charge in [0, 0.05) is 15.0 Å². The number of rotatable bonds is 4. The van der Waals surface area contributed by atoms with Gasteiger partial charge in [0.25, 0.3) is 0 Å². The Morgan fingerprint density at radius 2 is 1.87 bits per heavy atom. The first-order chi connectivity index (χ1) is 7.00. The Balaban J connectivity index is 2.72. The SMILES string of the molecule is CC(C)CC[C@@H](N)c1cc(Br)ccc1Br. The molecule has 84 valence electrons. The van der Waals surface area contributed by atoms with Crippen LogP contribution in [0.5, 0.6) is 0 Å². The highest BCUT2D eigenvalue weighted by atomic mass is 79.9. The van der Waals surface area contributed by atoms with E-state index >= 15 is 0 Å². The fourth-order valence-electron chi connectivity index (χ4n) is 1.47. The third-order valence-electron chi connectivity index (χ3n) is 2.41. The van der Waals surface area contributed by atoms with Crippen LogP contribution in [0.3, 0.4) is 0 Å². The molecule has 1 atom stereocenters. The molecule has 3 heteroatoms. The highest BCUT2D eigenvalue weighted by molar-refractivity contribution is 9.11. The van der Waals surface area contributed by atoms with E-state index in [-0.39, 0.29) is 6.04 Å². The van der Waals surface area contributed by atoms with E-state index in [2.05, 4.69) is 51.8 Å². The Labute approximate surface area is 109 Å². The van der Waals surface area contributed by atoms with Crippen molar-refractivity contribution in [2.24, 2.45) is 11.7 Å². The van der Waals surface area contributed by atoms with Gasteiger partial charge >= 0.3 is 0 Å². The van der Waals surface area contributed by atoms with Gasteiger partial charge in [0.15, 0.2) is 0 Å². The maximum atomic E-state index is 6.16. The molecule has 0 fully saturated rings. The molecule has 1 aromatic carbocycles. The van der Waals surface area contributed by atoms with Crippen molar-refractivity contribution in [1.29, 1.82) is 0 Å². The van der Waals surface area contributed by atoms with E-state index in [1.165, 1.54) is 12.0 Å². The van der Waals surface area contributed by atoms with Crippen molar-refractivity contribution in [3.8, 4) is 0 Å². The highest BCUT2D eigenvalue weighted by Gasteiger charge is 2.10. The average Bonchev–Trinajstić information content (AvgIpc) is 2.18. The Morgan fingerprint density at radius 1 is 1.20 bits per heavy atom. The van der Waals surface area contributed by atoms with Gasteiger partial charge in [0.1, 0.15) is 0 Å². The highest BCUT2D eigenvalue weighted by Crippen LogP contribution is 2.28. The van der Waals surface area contributed by atoms with E-state index in [9.17, 15) is 0 Å². The molecular weight excluding hydrogens is 318 g/mol. The zero-order valence-corrected chi connectivity index (χ0v) is 12.3. The largest absolute Gasteiger partial charge is 0.324 e. The molecular formula is C12H17Br2N. The van der Waals surface area contributed by atoms with Crippen LogP contribution in [-0.4, -0.2) is 0 Å². The Morgan fingerprint density at radius 3 is 2.47 bits per heavy atom. The van der Waals surface area contributed by atoms with Crippen LogP contribution in [0.15, 0.2) is 27.1 Å². The van der Waals surface area contributed by atoms with Crippen molar-refractivity contribution < 1.29 is 0 Å². The normalized spacial score (nSPS) is 13.2. The molecule has 0 aliphatic heterocycles. The van der Waals surface area contributed by atoms with Crippen molar-refractivity contribution in [3.63, 3.8) is 0 Å². The van der Waals surface area contributed by atoms with Crippen LogP contribution in [-0.2, 0) is 0 Å². The molecule has 2 N–H and O–H groups in total. The standard InChI is InChI=1S/C12H17Br2N/c1-8(2)3-6-12(15)10-7-9(13)4-5-11(10)14/h4-5,7-8,12H,3,6,15H2,1-2H3/t12-/m1/s1. The summed E-state index contributed by atoms with van der Waals surface area (Å²) in [6.07, 6.45) is 2.20. The van der Waals surface area contributed by atoms with E-state index in [4.69, 9.17) is 5.73 Å². The lowest BCUT2D eigenvalue weighted by Crippen LogP contribution is -2.11. The lowest BCUT2D eigenvalue weighted by Gasteiger charge is -2.15. The van der Waals surface area contributed by atoms with Crippen LogP contribution in [0.1, 0.15) is 38.3 Å². The summed E-state index contributed by atoms with van der Waals surface area (Å²) in [5, 5.41) is 0. The van der Waals surface area contributed by atoms with Crippen LogP contribution >= 0.6 is 31.9 Å². The zero-order chi connectivity index (χ0) is 11.4. The number of hydrogen-bond acceptors (Lipinski definition) is 1. The second kappa shape index (κ2) is 6.02. The summed E-state index contributed by atoms with van der Waals surface area (Å²) in [6.45, 7) is 4.45. The van der Waals surface area contributed by atoms with Gasteiger partial charge in [-0.05, 0) is 42.5 Å². The second-order valence-electron chi connectivity index (χ2n) is 4.24. The molecule has 0 spiro atoms. The fraction of sp³-hybridized carbons (Fsp3) is 0.500. The van der Waals surface area contributed by atoms with Crippen molar-refractivity contribution in [2.45, 2.75) is 32.7 Å². The van der Waals surface area contributed by atoms with Crippen molar-refractivity contribution in [1.82, 2.24) is 0 Å².